The quantitative estimate of drug-likeness (QED) is 0.426. The van der Waals surface area contributed by atoms with Crippen LogP contribution in [-0.4, -0.2) is 21.6 Å². The number of benzene rings is 2. The first-order chi connectivity index (χ1) is 13.0. The molecule has 136 valence electrons. The molecule has 7 nitrogen and oxygen atoms in total. The molecule has 0 aliphatic carbocycles. The molecule has 1 amide bonds. The predicted molar refractivity (Wildman–Crippen MR) is 103 cm³/mol. The van der Waals surface area contributed by atoms with Crippen molar-refractivity contribution < 1.29 is 9.72 Å². The molecule has 0 saturated heterocycles. The summed E-state index contributed by atoms with van der Waals surface area (Å²) in [5.41, 5.74) is 6.68. The zero-order valence-corrected chi connectivity index (χ0v) is 14.9. The van der Waals surface area contributed by atoms with E-state index in [2.05, 4.69) is 15.1 Å². The van der Waals surface area contributed by atoms with Gasteiger partial charge in [0.15, 0.2) is 0 Å². The van der Waals surface area contributed by atoms with Crippen molar-refractivity contribution in [2.45, 2.75) is 13.8 Å². The molecule has 3 rings (SSSR count). The first kappa shape index (κ1) is 18.1. The van der Waals surface area contributed by atoms with Crippen LogP contribution in [-0.2, 0) is 0 Å². The second-order valence-electron chi connectivity index (χ2n) is 6.05. The Morgan fingerprint density at radius 2 is 1.74 bits per heavy atom. The van der Waals surface area contributed by atoms with Crippen LogP contribution in [0.3, 0.4) is 0 Å². The molecule has 0 bridgehead atoms. The number of rotatable bonds is 5. The van der Waals surface area contributed by atoms with Crippen LogP contribution in [0.15, 0.2) is 65.8 Å². The zero-order valence-electron chi connectivity index (χ0n) is 14.9. The molecular formula is C20H18N4O3. The molecule has 0 fully saturated rings. The van der Waals surface area contributed by atoms with Crippen LogP contribution >= 0.6 is 0 Å². The Morgan fingerprint density at radius 3 is 2.37 bits per heavy atom. The van der Waals surface area contributed by atoms with Gasteiger partial charge in [-0.1, -0.05) is 6.07 Å². The molecule has 0 saturated carbocycles. The molecule has 0 aliphatic rings. The highest BCUT2D eigenvalue weighted by atomic mass is 16.6. The molecule has 1 N–H and O–H groups in total. The Kier molecular flexibility index (Phi) is 5.12. The van der Waals surface area contributed by atoms with Gasteiger partial charge in [0.2, 0.25) is 0 Å². The number of nitro benzene ring substituents is 1. The summed E-state index contributed by atoms with van der Waals surface area (Å²) in [6, 6.07) is 17.2. The van der Waals surface area contributed by atoms with Gasteiger partial charge in [-0.05, 0) is 61.9 Å². The van der Waals surface area contributed by atoms with Crippen LogP contribution < -0.4 is 5.43 Å². The van der Waals surface area contributed by atoms with Gasteiger partial charge in [-0.25, -0.2) is 5.43 Å². The monoisotopic (exact) mass is 362 g/mol. The summed E-state index contributed by atoms with van der Waals surface area (Å²) in [4.78, 5) is 22.5. The van der Waals surface area contributed by atoms with E-state index in [1.807, 2.05) is 38.1 Å². The minimum Gasteiger partial charge on any atom is -0.318 e. The van der Waals surface area contributed by atoms with E-state index in [0.29, 0.717) is 11.1 Å². The number of aromatic nitrogens is 1. The Morgan fingerprint density at radius 1 is 1.07 bits per heavy atom. The van der Waals surface area contributed by atoms with E-state index in [9.17, 15) is 14.9 Å². The normalized spacial score (nSPS) is 10.9. The van der Waals surface area contributed by atoms with Gasteiger partial charge in [0.1, 0.15) is 0 Å². The molecule has 7 heteroatoms. The summed E-state index contributed by atoms with van der Waals surface area (Å²) in [6.07, 6.45) is 1.44. The minimum absolute atomic E-state index is 0.00333. The van der Waals surface area contributed by atoms with Gasteiger partial charge in [-0.2, -0.15) is 5.10 Å². The maximum Gasteiger partial charge on any atom is 0.271 e. The van der Waals surface area contributed by atoms with E-state index in [0.717, 1.165) is 17.1 Å². The van der Waals surface area contributed by atoms with Crippen molar-refractivity contribution >= 4 is 17.8 Å². The minimum atomic E-state index is -0.468. The molecule has 3 aromatic rings. The number of hydrazone groups is 1. The van der Waals surface area contributed by atoms with Gasteiger partial charge in [-0.3, -0.25) is 14.9 Å². The van der Waals surface area contributed by atoms with Crippen molar-refractivity contribution in [1.82, 2.24) is 9.99 Å². The van der Waals surface area contributed by atoms with E-state index in [1.165, 1.54) is 18.3 Å². The smallest absolute Gasteiger partial charge is 0.271 e. The van der Waals surface area contributed by atoms with Crippen LogP contribution in [0.5, 0.6) is 0 Å². The molecule has 0 atom stereocenters. The van der Waals surface area contributed by atoms with Crippen LogP contribution in [0.4, 0.5) is 5.69 Å². The van der Waals surface area contributed by atoms with E-state index in [4.69, 9.17) is 0 Å². The third-order valence-electron chi connectivity index (χ3n) is 4.12. The lowest BCUT2D eigenvalue weighted by molar-refractivity contribution is -0.384. The third kappa shape index (κ3) is 4.09. The van der Waals surface area contributed by atoms with Crippen LogP contribution in [0.25, 0.3) is 5.69 Å². The lowest BCUT2D eigenvalue weighted by atomic mass is 10.2. The highest BCUT2D eigenvalue weighted by Gasteiger charge is 2.09. The Hall–Kier alpha value is -3.74. The largest absolute Gasteiger partial charge is 0.318 e. The van der Waals surface area contributed by atoms with Gasteiger partial charge < -0.3 is 4.57 Å². The Bertz CT molecular complexity index is 1000. The average Bonchev–Trinajstić information content (AvgIpc) is 3.00. The molecule has 2 aromatic carbocycles. The summed E-state index contributed by atoms with van der Waals surface area (Å²) in [6.45, 7) is 4.02. The van der Waals surface area contributed by atoms with Crippen molar-refractivity contribution in [3.8, 4) is 5.69 Å². The summed E-state index contributed by atoms with van der Waals surface area (Å²) in [5, 5.41) is 14.6. The van der Waals surface area contributed by atoms with Crippen LogP contribution in [0.1, 0.15) is 27.3 Å². The lowest BCUT2D eigenvalue weighted by Crippen LogP contribution is -2.18. The highest BCUT2D eigenvalue weighted by Crippen LogP contribution is 2.17. The molecular weight excluding hydrogens is 344 g/mol. The van der Waals surface area contributed by atoms with Crippen LogP contribution in [0.2, 0.25) is 0 Å². The van der Waals surface area contributed by atoms with Crippen molar-refractivity contribution in [3.05, 3.63) is 93.3 Å². The van der Waals surface area contributed by atoms with Gasteiger partial charge in [0, 0.05) is 34.8 Å². The molecule has 0 unspecified atom stereocenters. The summed E-state index contributed by atoms with van der Waals surface area (Å²) >= 11 is 0. The number of hydrogen-bond donors (Lipinski definition) is 1. The maximum absolute atomic E-state index is 12.3. The Labute approximate surface area is 156 Å². The fourth-order valence-corrected chi connectivity index (χ4v) is 2.77. The van der Waals surface area contributed by atoms with E-state index < -0.39 is 4.92 Å². The van der Waals surface area contributed by atoms with Crippen molar-refractivity contribution in [1.29, 1.82) is 0 Å². The molecule has 0 aliphatic heterocycles. The fourth-order valence-electron chi connectivity index (χ4n) is 2.77. The second kappa shape index (κ2) is 7.65. The first-order valence-corrected chi connectivity index (χ1v) is 8.29. The van der Waals surface area contributed by atoms with E-state index in [1.54, 1.807) is 24.3 Å². The lowest BCUT2D eigenvalue weighted by Gasteiger charge is -2.10. The standard InChI is InChI=1S/C20H18N4O3/c1-14-6-7-15(2)23(14)19-5-3-4-17(12-19)20(25)22-21-13-16-8-10-18(11-9-16)24(26)27/h3-13H,1-2H3,(H,22,25)/b21-13-. The molecule has 0 spiro atoms. The van der Waals surface area contributed by atoms with Gasteiger partial charge in [0.05, 0.1) is 11.1 Å². The molecule has 0 radical (unpaired) electrons. The number of nitrogens with zero attached hydrogens (tertiary/aromatic N) is 3. The number of amides is 1. The first-order valence-electron chi connectivity index (χ1n) is 8.29. The highest BCUT2D eigenvalue weighted by molar-refractivity contribution is 5.95. The van der Waals surface area contributed by atoms with Gasteiger partial charge in [0.25, 0.3) is 11.6 Å². The molecule has 27 heavy (non-hydrogen) atoms. The third-order valence-corrected chi connectivity index (χ3v) is 4.12. The van der Waals surface area contributed by atoms with Crippen molar-refractivity contribution in [2.24, 2.45) is 5.10 Å². The fraction of sp³-hybridized carbons (Fsp3) is 0.100. The SMILES string of the molecule is Cc1ccc(C)n1-c1cccc(C(=O)N/N=C\c2ccc([N+](=O)[O-])cc2)c1. The number of nitro groups is 1. The van der Waals surface area contributed by atoms with Crippen molar-refractivity contribution in [3.63, 3.8) is 0 Å². The van der Waals surface area contributed by atoms with Gasteiger partial charge >= 0.3 is 0 Å². The zero-order chi connectivity index (χ0) is 19.4. The van der Waals surface area contributed by atoms with Crippen LogP contribution in [0, 0.1) is 24.0 Å². The summed E-state index contributed by atoms with van der Waals surface area (Å²) < 4.78 is 2.07. The van der Waals surface area contributed by atoms with Gasteiger partial charge in [-0.15, -0.1) is 0 Å². The number of carbonyl (C=O) groups is 1. The second-order valence-corrected chi connectivity index (χ2v) is 6.05. The number of aryl methyl sites for hydroxylation is 2. The molecule has 1 heterocycles. The summed E-state index contributed by atoms with van der Waals surface area (Å²) in [5.74, 6) is -0.336. The van der Waals surface area contributed by atoms with E-state index in [-0.39, 0.29) is 11.6 Å². The van der Waals surface area contributed by atoms with Crippen molar-refractivity contribution in [2.75, 3.05) is 0 Å². The topological polar surface area (TPSA) is 89.5 Å². The number of hydrogen-bond acceptors (Lipinski definition) is 4. The number of nitrogens with one attached hydrogen (secondary N) is 1. The van der Waals surface area contributed by atoms with E-state index >= 15 is 0 Å². The predicted octanol–water partition coefficient (Wildman–Crippen LogP) is 3.77. The number of carbonyl (C=O) groups excluding carboxylic acids is 1. The molecule has 1 aromatic heterocycles. The Balaban J connectivity index is 1.71. The maximum atomic E-state index is 12.3. The number of non-ortho nitro benzene ring substituents is 1. The summed E-state index contributed by atoms with van der Waals surface area (Å²) in [7, 11) is 0. The average molecular weight is 362 g/mol.